The number of carboxylic acids is 1. The minimum atomic E-state index is -0.697. The quantitative estimate of drug-likeness (QED) is 0.870. The van der Waals surface area contributed by atoms with Crippen LogP contribution < -0.4 is 0 Å². The van der Waals surface area contributed by atoms with Crippen molar-refractivity contribution in [3.05, 3.63) is 16.1 Å². The highest BCUT2D eigenvalue weighted by Crippen LogP contribution is 2.26. The van der Waals surface area contributed by atoms with Crippen molar-refractivity contribution in [1.82, 2.24) is 14.8 Å². The molecule has 0 unspecified atom stereocenters. The smallest absolute Gasteiger partial charge is 0.303 e. The molecule has 0 saturated carbocycles. The van der Waals surface area contributed by atoms with Crippen LogP contribution in [0.15, 0.2) is 5.38 Å². The molecule has 2 heterocycles. The van der Waals surface area contributed by atoms with Gasteiger partial charge in [-0.2, -0.15) is 0 Å². The van der Waals surface area contributed by atoms with Gasteiger partial charge in [-0.05, 0) is 13.0 Å². The fourth-order valence-corrected chi connectivity index (χ4v) is 3.48. The first-order chi connectivity index (χ1) is 10.3. The summed E-state index contributed by atoms with van der Waals surface area (Å²) in [6.45, 7) is 12.5. The number of aromatic nitrogens is 1. The van der Waals surface area contributed by atoms with Crippen LogP contribution in [0.3, 0.4) is 0 Å². The molecule has 0 aliphatic carbocycles. The number of rotatable bonds is 6. The molecule has 1 fully saturated rings. The molecule has 1 saturated heterocycles. The lowest BCUT2D eigenvalue weighted by atomic mass is 9.98. The van der Waals surface area contributed by atoms with Gasteiger partial charge in [-0.15, -0.1) is 11.3 Å². The Morgan fingerprint density at radius 1 is 1.27 bits per heavy atom. The molecule has 0 radical (unpaired) electrons. The maximum absolute atomic E-state index is 10.5. The third-order valence-corrected chi connectivity index (χ3v) is 5.23. The number of hydrogen-bond acceptors (Lipinski definition) is 5. The second kappa shape index (κ2) is 7.53. The number of thiazole rings is 1. The van der Waals surface area contributed by atoms with Gasteiger partial charge in [-0.25, -0.2) is 4.98 Å². The van der Waals surface area contributed by atoms with Gasteiger partial charge in [-0.1, -0.05) is 20.8 Å². The summed E-state index contributed by atoms with van der Waals surface area (Å²) in [4.78, 5) is 20.1. The van der Waals surface area contributed by atoms with Crippen LogP contribution in [-0.4, -0.2) is 58.6 Å². The van der Waals surface area contributed by atoms with Gasteiger partial charge in [0.15, 0.2) is 0 Å². The number of hydrogen-bond donors (Lipinski definition) is 1. The van der Waals surface area contributed by atoms with E-state index < -0.39 is 5.97 Å². The van der Waals surface area contributed by atoms with Crippen LogP contribution in [0.2, 0.25) is 0 Å². The van der Waals surface area contributed by atoms with Gasteiger partial charge in [0.05, 0.1) is 10.7 Å². The van der Waals surface area contributed by atoms with Crippen molar-refractivity contribution in [2.24, 2.45) is 0 Å². The third kappa shape index (κ3) is 5.34. The van der Waals surface area contributed by atoms with Crippen molar-refractivity contribution < 1.29 is 9.90 Å². The van der Waals surface area contributed by atoms with Crippen LogP contribution >= 0.6 is 11.3 Å². The molecular formula is C16H27N3O2S. The van der Waals surface area contributed by atoms with Gasteiger partial charge in [0, 0.05) is 49.9 Å². The van der Waals surface area contributed by atoms with E-state index in [0.29, 0.717) is 0 Å². The van der Waals surface area contributed by atoms with Gasteiger partial charge in [0.1, 0.15) is 0 Å². The fourth-order valence-electron chi connectivity index (χ4n) is 2.58. The van der Waals surface area contributed by atoms with E-state index in [1.54, 1.807) is 11.3 Å². The molecule has 0 spiro atoms. The van der Waals surface area contributed by atoms with E-state index >= 15 is 0 Å². The molecule has 2 rings (SSSR count). The van der Waals surface area contributed by atoms with E-state index in [4.69, 9.17) is 10.1 Å². The van der Waals surface area contributed by atoms with Crippen molar-refractivity contribution >= 4 is 17.3 Å². The first-order valence-corrected chi connectivity index (χ1v) is 8.84. The highest BCUT2D eigenvalue weighted by molar-refractivity contribution is 7.09. The average molecular weight is 325 g/mol. The lowest BCUT2D eigenvalue weighted by Gasteiger charge is -2.34. The largest absolute Gasteiger partial charge is 0.481 e. The number of nitrogens with zero attached hydrogens (tertiary/aromatic N) is 3. The Morgan fingerprint density at radius 2 is 1.91 bits per heavy atom. The Kier molecular flexibility index (Phi) is 5.94. The summed E-state index contributed by atoms with van der Waals surface area (Å²) in [5, 5.41) is 12.1. The molecule has 0 bridgehead atoms. The van der Waals surface area contributed by atoms with Gasteiger partial charge in [0.25, 0.3) is 0 Å². The molecule has 1 aliphatic rings. The highest BCUT2D eigenvalue weighted by Gasteiger charge is 2.21. The van der Waals surface area contributed by atoms with E-state index in [2.05, 4.69) is 36.0 Å². The number of carboxylic acid groups (broad SMARTS) is 1. The molecule has 0 aromatic carbocycles. The maximum Gasteiger partial charge on any atom is 0.303 e. The molecule has 1 aromatic heterocycles. The van der Waals surface area contributed by atoms with E-state index in [-0.39, 0.29) is 11.8 Å². The van der Waals surface area contributed by atoms with Crippen molar-refractivity contribution in [3.63, 3.8) is 0 Å². The number of piperazine rings is 1. The van der Waals surface area contributed by atoms with Crippen LogP contribution in [-0.2, 0) is 16.8 Å². The maximum atomic E-state index is 10.5. The summed E-state index contributed by atoms with van der Waals surface area (Å²) in [6, 6.07) is 0. The lowest BCUT2D eigenvalue weighted by molar-refractivity contribution is -0.137. The van der Waals surface area contributed by atoms with Crippen molar-refractivity contribution in [2.75, 3.05) is 32.7 Å². The topological polar surface area (TPSA) is 56.7 Å². The number of carbonyl (C=O) groups is 1. The summed E-state index contributed by atoms with van der Waals surface area (Å²) in [7, 11) is 0. The standard InChI is InChI=1S/C16H27N3O2S/c1-16(2,3)15-17-13(12-22-15)11-19-9-7-18(8-10-19)6-4-5-14(20)21/h12H,4-11H2,1-3H3,(H,20,21). The zero-order valence-electron chi connectivity index (χ0n) is 13.8. The Labute approximate surface area is 137 Å². The molecule has 1 N–H and O–H groups in total. The first kappa shape index (κ1) is 17.4. The van der Waals surface area contributed by atoms with Gasteiger partial charge >= 0.3 is 5.97 Å². The summed E-state index contributed by atoms with van der Waals surface area (Å²) in [5.74, 6) is -0.697. The molecule has 6 heteroatoms. The fraction of sp³-hybridized carbons (Fsp3) is 0.750. The first-order valence-electron chi connectivity index (χ1n) is 7.96. The normalized spacial score (nSPS) is 17.8. The minimum Gasteiger partial charge on any atom is -0.481 e. The zero-order valence-corrected chi connectivity index (χ0v) is 14.7. The molecule has 0 atom stereocenters. The molecule has 5 nitrogen and oxygen atoms in total. The molecule has 124 valence electrons. The molecule has 0 amide bonds. The lowest BCUT2D eigenvalue weighted by Crippen LogP contribution is -2.46. The van der Waals surface area contributed by atoms with Gasteiger partial charge in [0.2, 0.25) is 0 Å². The highest BCUT2D eigenvalue weighted by atomic mass is 32.1. The Morgan fingerprint density at radius 3 is 2.45 bits per heavy atom. The Bertz CT molecular complexity index is 488. The van der Waals surface area contributed by atoms with Crippen LogP contribution in [0.5, 0.6) is 0 Å². The SMILES string of the molecule is CC(C)(C)c1nc(CN2CCN(CCCC(=O)O)CC2)cs1. The second-order valence-corrected chi connectivity index (χ2v) is 7.87. The van der Waals surface area contributed by atoms with E-state index in [9.17, 15) is 4.79 Å². The van der Waals surface area contributed by atoms with Crippen LogP contribution in [0, 0.1) is 0 Å². The predicted molar refractivity (Wildman–Crippen MR) is 89.4 cm³/mol. The molecule has 1 aliphatic heterocycles. The Balaban J connectivity index is 1.73. The third-order valence-electron chi connectivity index (χ3n) is 3.91. The summed E-state index contributed by atoms with van der Waals surface area (Å²) < 4.78 is 0. The predicted octanol–water partition coefficient (Wildman–Crippen LogP) is 2.42. The number of aliphatic carboxylic acids is 1. The second-order valence-electron chi connectivity index (χ2n) is 7.01. The van der Waals surface area contributed by atoms with E-state index in [1.807, 2.05) is 0 Å². The van der Waals surface area contributed by atoms with E-state index in [1.165, 1.54) is 10.7 Å². The molecule has 1 aromatic rings. The van der Waals surface area contributed by atoms with Crippen LogP contribution in [0.4, 0.5) is 0 Å². The van der Waals surface area contributed by atoms with Crippen LogP contribution in [0.25, 0.3) is 0 Å². The molecule has 22 heavy (non-hydrogen) atoms. The van der Waals surface area contributed by atoms with Crippen molar-refractivity contribution in [3.8, 4) is 0 Å². The van der Waals surface area contributed by atoms with Crippen molar-refractivity contribution in [2.45, 2.75) is 45.6 Å². The minimum absolute atomic E-state index is 0.131. The van der Waals surface area contributed by atoms with Crippen molar-refractivity contribution in [1.29, 1.82) is 0 Å². The summed E-state index contributed by atoms with van der Waals surface area (Å²) >= 11 is 1.76. The van der Waals surface area contributed by atoms with Gasteiger partial charge in [-0.3, -0.25) is 9.69 Å². The monoisotopic (exact) mass is 325 g/mol. The summed E-state index contributed by atoms with van der Waals surface area (Å²) in [5.41, 5.74) is 1.31. The summed E-state index contributed by atoms with van der Waals surface area (Å²) in [6.07, 6.45) is 1.02. The van der Waals surface area contributed by atoms with E-state index in [0.717, 1.165) is 45.7 Å². The average Bonchev–Trinajstić information content (AvgIpc) is 2.89. The van der Waals surface area contributed by atoms with Gasteiger partial charge < -0.3 is 10.0 Å². The zero-order chi connectivity index (χ0) is 16.2. The Hall–Kier alpha value is -0.980. The molecular weight excluding hydrogens is 298 g/mol. The van der Waals surface area contributed by atoms with Crippen LogP contribution in [0.1, 0.15) is 44.3 Å².